The first kappa shape index (κ1) is 27.6. The highest BCUT2D eigenvalue weighted by molar-refractivity contribution is 7.18. The number of rotatable bonds is 7. The van der Waals surface area contributed by atoms with E-state index in [1.807, 2.05) is 43.3 Å². The maximum Gasteiger partial charge on any atom is 0.335 e. The maximum absolute atomic E-state index is 12.0. The summed E-state index contributed by atoms with van der Waals surface area (Å²) >= 11 is 3.14. The molecule has 1 atom stereocenters. The van der Waals surface area contributed by atoms with Crippen molar-refractivity contribution in [3.63, 3.8) is 0 Å². The second kappa shape index (κ2) is 11.1. The first-order valence-corrected chi connectivity index (χ1v) is 15.2. The van der Waals surface area contributed by atoms with Gasteiger partial charge in [0.2, 0.25) is 0 Å². The third-order valence-corrected chi connectivity index (χ3v) is 9.34. The first-order valence-electron chi connectivity index (χ1n) is 13.5. The zero-order chi connectivity index (χ0) is 30.4. The highest BCUT2D eigenvalue weighted by Gasteiger charge is 2.26. The molecule has 3 N–H and O–H groups in total. The summed E-state index contributed by atoms with van der Waals surface area (Å²) in [5.41, 5.74) is 2.38. The standard InChI is InChI=1S/C32H23N3O7S2/c1-16-28-29(41-11-10-40-28)30(43-16)25-3-2-24(42-25)27-5-4-26(44-27)17-6-8-33-20(12-17)22-14-19(32(38)39)15-23(35-22)21-13-18(31(36)37)7-9-34-21/h2-9,12-15,23,35H,10-11H2,1H3,(H,36,37)(H,38,39). The lowest BCUT2D eigenvalue weighted by molar-refractivity contribution is -0.132. The molecule has 0 bridgehead atoms. The van der Waals surface area contributed by atoms with Gasteiger partial charge in [-0.3, -0.25) is 9.97 Å². The van der Waals surface area contributed by atoms with Crippen molar-refractivity contribution in [2.45, 2.75) is 13.0 Å². The number of aryl methyl sites for hydroxylation is 1. The van der Waals surface area contributed by atoms with Gasteiger partial charge in [-0.25, -0.2) is 9.59 Å². The topological polar surface area (TPSA) is 144 Å². The Morgan fingerprint density at radius 1 is 0.886 bits per heavy atom. The van der Waals surface area contributed by atoms with Crippen LogP contribution in [0.25, 0.3) is 37.4 Å². The van der Waals surface area contributed by atoms with Crippen molar-refractivity contribution >= 4 is 40.3 Å². The Morgan fingerprint density at radius 3 is 2.48 bits per heavy atom. The number of carboxylic acids is 2. The number of furan rings is 1. The zero-order valence-corrected chi connectivity index (χ0v) is 24.7. The first-order chi connectivity index (χ1) is 21.3. The SMILES string of the molecule is Cc1sc(-c2ccc(-c3ccc(-c4ccnc(C5=CC(C(=O)O)=CC(c6cc(C(=O)O)ccn6)N5)c4)s3)o2)c2c1OCCO2. The van der Waals surface area contributed by atoms with Gasteiger partial charge in [-0.1, -0.05) is 0 Å². The molecule has 7 heterocycles. The van der Waals surface area contributed by atoms with Crippen LogP contribution in [-0.2, 0) is 4.79 Å². The number of ether oxygens (including phenoxy) is 2. The molecular formula is C32H23N3O7S2. The number of hydrogen-bond acceptors (Lipinski definition) is 10. The molecule has 0 saturated heterocycles. The molecule has 0 saturated carbocycles. The molecule has 1 unspecified atom stereocenters. The summed E-state index contributed by atoms with van der Waals surface area (Å²) in [6.45, 7) is 3.04. The second-order valence-corrected chi connectivity index (χ2v) is 12.3. The van der Waals surface area contributed by atoms with E-state index in [1.165, 1.54) is 30.5 Å². The lowest BCUT2D eigenvalue weighted by Crippen LogP contribution is -2.25. The van der Waals surface area contributed by atoms with E-state index in [0.717, 1.165) is 48.1 Å². The fraction of sp³-hybridized carbons (Fsp3) is 0.125. The van der Waals surface area contributed by atoms with E-state index in [1.54, 1.807) is 28.9 Å². The molecule has 5 aromatic heterocycles. The summed E-state index contributed by atoms with van der Waals surface area (Å²) in [6, 6.07) is 13.8. The molecule has 0 spiro atoms. The average molecular weight is 626 g/mol. The summed E-state index contributed by atoms with van der Waals surface area (Å²) in [6.07, 6.45) is 6.06. The number of carboxylic acid groups (broad SMARTS) is 2. The number of aromatic carboxylic acids is 1. The number of dihydropyridines is 1. The maximum atomic E-state index is 12.0. The molecule has 0 fully saturated rings. The predicted octanol–water partition coefficient (Wildman–Crippen LogP) is 6.67. The summed E-state index contributed by atoms with van der Waals surface area (Å²) in [5.74, 6) is 0.756. The molecule has 12 heteroatoms. The highest BCUT2D eigenvalue weighted by Crippen LogP contribution is 2.50. The Balaban J connectivity index is 1.16. The summed E-state index contributed by atoms with van der Waals surface area (Å²) in [7, 11) is 0. The molecule has 5 aromatic rings. The summed E-state index contributed by atoms with van der Waals surface area (Å²) < 4.78 is 17.9. The number of aliphatic carboxylic acids is 1. The van der Waals surface area contributed by atoms with E-state index < -0.39 is 18.0 Å². The van der Waals surface area contributed by atoms with Crippen molar-refractivity contribution < 1.29 is 33.7 Å². The van der Waals surface area contributed by atoms with E-state index in [0.29, 0.717) is 30.3 Å². The van der Waals surface area contributed by atoms with Gasteiger partial charge in [0.25, 0.3) is 0 Å². The molecular weight excluding hydrogens is 603 g/mol. The van der Waals surface area contributed by atoms with Gasteiger partial charge in [-0.05, 0) is 73.2 Å². The molecule has 44 heavy (non-hydrogen) atoms. The van der Waals surface area contributed by atoms with Crippen LogP contribution in [0.4, 0.5) is 0 Å². The zero-order valence-electron chi connectivity index (χ0n) is 23.1. The molecule has 2 aliphatic rings. The van der Waals surface area contributed by atoms with E-state index >= 15 is 0 Å². The number of thiophene rings is 2. The summed E-state index contributed by atoms with van der Waals surface area (Å²) in [5, 5.41) is 22.4. The van der Waals surface area contributed by atoms with Crippen LogP contribution in [0.1, 0.15) is 32.7 Å². The van der Waals surface area contributed by atoms with Gasteiger partial charge in [0.1, 0.15) is 29.6 Å². The smallest absolute Gasteiger partial charge is 0.335 e. The molecule has 10 nitrogen and oxygen atoms in total. The molecule has 0 aromatic carbocycles. The Labute approximate surface area is 258 Å². The number of carbonyl (C=O) groups is 2. The van der Waals surface area contributed by atoms with Crippen LogP contribution in [0.3, 0.4) is 0 Å². The van der Waals surface area contributed by atoms with Crippen LogP contribution in [0.2, 0.25) is 0 Å². The second-order valence-electron chi connectivity index (χ2n) is 9.98. The van der Waals surface area contributed by atoms with Crippen molar-refractivity contribution in [3.05, 3.63) is 100 Å². The molecule has 0 amide bonds. The minimum absolute atomic E-state index is 0.0460. The number of fused-ring (bicyclic) bond motifs is 1. The number of aromatic nitrogens is 2. The third-order valence-electron chi connectivity index (χ3n) is 7.11. The average Bonchev–Trinajstić information content (AvgIpc) is 3.80. The van der Waals surface area contributed by atoms with Crippen molar-refractivity contribution in [2.24, 2.45) is 0 Å². The van der Waals surface area contributed by atoms with E-state index in [9.17, 15) is 19.8 Å². The number of nitrogens with zero attached hydrogens (tertiary/aromatic N) is 2. The molecule has 220 valence electrons. The molecule has 0 radical (unpaired) electrons. The minimum Gasteiger partial charge on any atom is -0.485 e. The van der Waals surface area contributed by atoms with Crippen LogP contribution in [0.15, 0.2) is 83.1 Å². The molecule has 0 aliphatic carbocycles. The largest absolute Gasteiger partial charge is 0.485 e. The van der Waals surface area contributed by atoms with Gasteiger partial charge in [0.05, 0.1) is 39.1 Å². The Bertz CT molecular complexity index is 2000. The van der Waals surface area contributed by atoms with E-state index in [4.69, 9.17) is 13.9 Å². The summed E-state index contributed by atoms with van der Waals surface area (Å²) in [4.78, 5) is 36.1. The van der Waals surface area contributed by atoms with Crippen molar-refractivity contribution in [1.82, 2.24) is 15.3 Å². The Morgan fingerprint density at radius 2 is 1.66 bits per heavy atom. The lowest BCUT2D eigenvalue weighted by Gasteiger charge is -2.23. The quantitative estimate of drug-likeness (QED) is 0.179. The lowest BCUT2D eigenvalue weighted by atomic mass is 10.00. The number of hydrogen-bond donors (Lipinski definition) is 3. The number of nitrogens with one attached hydrogen (secondary N) is 1. The van der Waals surface area contributed by atoms with Crippen molar-refractivity contribution in [3.8, 4) is 43.2 Å². The molecule has 2 aliphatic heterocycles. The van der Waals surface area contributed by atoms with Gasteiger partial charge in [-0.2, -0.15) is 0 Å². The van der Waals surface area contributed by atoms with Gasteiger partial charge in [-0.15, -0.1) is 22.7 Å². The Kier molecular flexibility index (Phi) is 6.99. The van der Waals surface area contributed by atoms with Crippen LogP contribution in [-0.4, -0.2) is 45.3 Å². The van der Waals surface area contributed by atoms with Gasteiger partial charge in [0.15, 0.2) is 11.5 Å². The van der Waals surface area contributed by atoms with Crippen LogP contribution in [0, 0.1) is 6.92 Å². The van der Waals surface area contributed by atoms with Crippen molar-refractivity contribution in [2.75, 3.05) is 13.2 Å². The monoisotopic (exact) mass is 625 g/mol. The molecule has 7 rings (SSSR count). The van der Waals surface area contributed by atoms with Gasteiger partial charge < -0.3 is 29.4 Å². The van der Waals surface area contributed by atoms with Gasteiger partial charge in [0, 0.05) is 22.1 Å². The highest BCUT2D eigenvalue weighted by atomic mass is 32.1. The van der Waals surface area contributed by atoms with Gasteiger partial charge >= 0.3 is 11.9 Å². The minimum atomic E-state index is -1.11. The Hall–Kier alpha value is -5.20. The van der Waals surface area contributed by atoms with Crippen LogP contribution < -0.4 is 14.8 Å². The third kappa shape index (κ3) is 5.14. The predicted molar refractivity (Wildman–Crippen MR) is 165 cm³/mol. The van der Waals surface area contributed by atoms with Crippen LogP contribution >= 0.6 is 22.7 Å². The van der Waals surface area contributed by atoms with Crippen LogP contribution in [0.5, 0.6) is 11.5 Å². The fourth-order valence-corrected chi connectivity index (χ4v) is 7.00. The van der Waals surface area contributed by atoms with E-state index in [-0.39, 0.29) is 11.1 Å². The van der Waals surface area contributed by atoms with E-state index in [2.05, 4.69) is 15.3 Å². The normalized spacial score (nSPS) is 15.7. The van der Waals surface area contributed by atoms with Crippen molar-refractivity contribution in [1.29, 1.82) is 0 Å². The number of pyridine rings is 2. The fourth-order valence-electron chi connectivity index (χ4n) is 5.03.